The van der Waals surface area contributed by atoms with Crippen LogP contribution in [0.25, 0.3) is 0 Å². The molecule has 1 aliphatic heterocycles. The molecule has 0 radical (unpaired) electrons. The minimum Gasteiger partial charge on any atom is -0.452 e. The minimum atomic E-state index is -3.50. The molecule has 1 fully saturated rings. The molecule has 2 unspecified atom stereocenters. The van der Waals surface area contributed by atoms with Crippen molar-refractivity contribution >= 4 is 26.0 Å². The predicted molar refractivity (Wildman–Crippen MR) is 85.5 cm³/mol. The molecule has 0 aromatic carbocycles. The van der Waals surface area contributed by atoms with Crippen molar-refractivity contribution in [1.82, 2.24) is 9.62 Å². The fraction of sp³-hybridized carbons (Fsp3) is 0.714. The first-order valence-corrected chi connectivity index (χ1v) is 9.60. The highest BCUT2D eigenvalue weighted by Gasteiger charge is 2.35. The van der Waals surface area contributed by atoms with Crippen molar-refractivity contribution in [2.45, 2.75) is 51.1 Å². The van der Waals surface area contributed by atoms with Crippen LogP contribution in [0.2, 0.25) is 0 Å². The summed E-state index contributed by atoms with van der Waals surface area (Å²) in [5, 5.41) is 3.13. The number of nitrogens with zero attached hydrogens (tertiary/aromatic N) is 1. The van der Waals surface area contributed by atoms with Gasteiger partial charge in [-0.2, -0.15) is 4.31 Å². The van der Waals surface area contributed by atoms with Gasteiger partial charge in [0.1, 0.15) is 10.7 Å². The Hall–Kier alpha value is -0.370. The lowest BCUT2D eigenvalue weighted by atomic mass is 9.95. The Labute approximate surface area is 135 Å². The summed E-state index contributed by atoms with van der Waals surface area (Å²) in [7, 11) is -3.50. The highest BCUT2D eigenvalue weighted by Crippen LogP contribution is 2.33. The number of sulfonamides is 1. The van der Waals surface area contributed by atoms with Gasteiger partial charge < -0.3 is 9.73 Å². The number of nitrogens with one attached hydrogen (secondary N) is 1. The van der Waals surface area contributed by atoms with E-state index in [9.17, 15) is 8.42 Å². The molecule has 0 aliphatic carbocycles. The third-order valence-corrected chi connectivity index (χ3v) is 6.79. The largest absolute Gasteiger partial charge is 0.452 e. The normalized spacial score (nSPS) is 24.4. The number of piperidine rings is 1. The van der Waals surface area contributed by atoms with E-state index in [-0.39, 0.29) is 10.9 Å². The van der Waals surface area contributed by atoms with Gasteiger partial charge >= 0.3 is 0 Å². The van der Waals surface area contributed by atoms with Crippen LogP contribution in [0.4, 0.5) is 0 Å². The molecule has 120 valence electrons. The van der Waals surface area contributed by atoms with Crippen LogP contribution in [0.5, 0.6) is 0 Å². The molecule has 1 aromatic heterocycles. The minimum absolute atomic E-state index is 0.0257. The summed E-state index contributed by atoms with van der Waals surface area (Å²) in [6.45, 7) is 8.04. The number of halogens is 1. The number of hydrogen-bond acceptors (Lipinski definition) is 4. The molecule has 2 rings (SSSR count). The maximum Gasteiger partial charge on any atom is 0.247 e. The van der Waals surface area contributed by atoms with Gasteiger partial charge in [0.25, 0.3) is 0 Å². The summed E-state index contributed by atoms with van der Waals surface area (Å²) in [6, 6.07) is 1.64. The van der Waals surface area contributed by atoms with Gasteiger partial charge in [0.2, 0.25) is 10.0 Å². The van der Waals surface area contributed by atoms with Crippen molar-refractivity contribution in [3.8, 4) is 0 Å². The third kappa shape index (κ3) is 3.70. The summed E-state index contributed by atoms with van der Waals surface area (Å²) in [6.07, 6.45) is 1.81. The molecule has 2 heterocycles. The highest BCUT2D eigenvalue weighted by atomic mass is 79.9. The molecular weight excluding hydrogens is 356 g/mol. The first-order valence-electron chi connectivity index (χ1n) is 7.37. The van der Waals surface area contributed by atoms with Crippen molar-refractivity contribution in [1.29, 1.82) is 0 Å². The van der Waals surface area contributed by atoms with Gasteiger partial charge in [0.15, 0.2) is 4.67 Å². The van der Waals surface area contributed by atoms with E-state index in [1.807, 2.05) is 13.8 Å². The maximum absolute atomic E-state index is 12.8. The zero-order valence-corrected chi connectivity index (χ0v) is 15.1. The van der Waals surface area contributed by atoms with Crippen molar-refractivity contribution in [3.05, 3.63) is 16.5 Å². The lowest BCUT2D eigenvalue weighted by molar-refractivity contribution is 0.220. The Kier molecular flexibility index (Phi) is 5.51. The zero-order valence-electron chi connectivity index (χ0n) is 12.7. The fourth-order valence-corrected chi connectivity index (χ4v) is 5.40. The Morgan fingerprint density at radius 2 is 2.19 bits per heavy atom. The summed E-state index contributed by atoms with van der Waals surface area (Å²) in [5.74, 6) is 1.20. The monoisotopic (exact) mass is 378 g/mol. The molecule has 7 heteroatoms. The third-order valence-electron chi connectivity index (χ3n) is 3.92. The molecule has 0 spiro atoms. The lowest BCUT2D eigenvalue weighted by Crippen LogP contribution is -2.44. The number of rotatable bonds is 5. The van der Waals surface area contributed by atoms with Gasteiger partial charge in [0.05, 0.1) is 6.54 Å². The number of hydrogen-bond donors (Lipinski definition) is 1. The quantitative estimate of drug-likeness (QED) is 0.855. The predicted octanol–water partition coefficient (Wildman–Crippen LogP) is 2.96. The van der Waals surface area contributed by atoms with Crippen molar-refractivity contribution < 1.29 is 12.8 Å². The maximum atomic E-state index is 12.8. The summed E-state index contributed by atoms with van der Waals surface area (Å²) >= 11 is 3.24. The Balaban J connectivity index is 2.25. The standard InChI is InChI=1S/C14H23BrN2O3S/c1-4-16-9-12-8-13(14(15)20-12)21(18,19)17-6-5-10(2)7-11(17)3/h8,10-11,16H,4-7,9H2,1-3H3. The molecule has 0 amide bonds. The van der Waals surface area contributed by atoms with Gasteiger partial charge in [-0.05, 0) is 48.2 Å². The van der Waals surface area contributed by atoms with Crippen LogP contribution in [0, 0.1) is 5.92 Å². The first-order chi connectivity index (χ1) is 9.86. The van der Waals surface area contributed by atoms with E-state index in [0.29, 0.717) is 29.4 Å². The van der Waals surface area contributed by atoms with E-state index in [2.05, 4.69) is 28.2 Å². The summed E-state index contributed by atoms with van der Waals surface area (Å²) in [5.41, 5.74) is 0. The summed E-state index contributed by atoms with van der Waals surface area (Å²) in [4.78, 5) is 0.233. The highest BCUT2D eigenvalue weighted by molar-refractivity contribution is 9.10. The molecule has 1 N–H and O–H groups in total. The molecule has 2 atom stereocenters. The summed E-state index contributed by atoms with van der Waals surface area (Å²) < 4.78 is 33.0. The van der Waals surface area contributed by atoms with E-state index in [1.165, 1.54) is 0 Å². The fourth-order valence-electron chi connectivity index (χ4n) is 2.78. The lowest BCUT2D eigenvalue weighted by Gasteiger charge is -2.35. The average molecular weight is 379 g/mol. The zero-order chi connectivity index (χ0) is 15.6. The molecule has 5 nitrogen and oxygen atoms in total. The second-order valence-corrected chi connectivity index (χ2v) is 8.30. The van der Waals surface area contributed by atoms with Gasteiger partial charge in [-0.3, -0.25) is 0 Å². The second-order valence-electron chi connectivity index (χ2n) is 5.73. The average Bonchev–Trinajstić information content (AvgIpc) is 2.78. The van der Waals surface area contributed by atoms with Crippen LogP contribution in [0.3, 0.4) is 0 Å². The van der Waals surface area contributed by atoms with Gasteiger partial charge in [-0.1, -0.05) is 13.8 Å². The van der Waals surface area contributed by atoms with Crippen molar-refractivity contribution in [2.24, 2.45) is 5.92 Å². The van der Waals surface area contributed by atoms with Crippen molar-refractivity contribution in [2.75, 3.05) is 13.1 Å². The van der Waals surface area contributed by atoms with E-state index in [4.69, 9.17) is 4.42 Å². The number of furan rings is 1. The van der Waals surface area contributed by atoms with Crippen LogP contribution < -0.4 is 5.32 Å². The first kappa shape index (κ1) is 17.0. The topological polar surface area (TPSA) is 62.6 Å². The van der Waals surface area contributed by atoms with Crippen LogP contribution in [0.1, 0.15) is 39.4 Å². The van der Waals surface area contributed by atoms with Gasteiger partial charge in [-0.25, -0.2) is 8.42 Å². The van der Waals surface area contributed by atoms with Crippen LogP contribution >= 0.6 is 15.9 Å². The molecular formula is C14H23BrN2O3S. The van der Waals surface area contributed by atoms with Gasteiger partial charge in [0, 0.05) is 18.7 Å². The van der Waals surface area contributed by atoms with Crippen molar-refractivity contribution in [3.63, 3.8) is 0 Å². The van der Waals surface area contributed by atoms with Crippen LogP contribution in [-0.2, 0) is 16.6 Å². The van der Waals surface area contributed by atoms with E-state index >= 15 is 0 Å². The van der Waals surface area contributed by atoms with E-state index in [1.54, 1.807) is 10.4 Å². The molecule has 0 bridgehead atoms. The molecule has 1 saturated heterocycles. The Morgan fingerprint density at radius 1 is 1.48 bits per heavy atom. The van der Waals surface area contributed by atoms with Crippen LogP contribution in [-0.4, -0.2) is 31.9 Å². The smallest absolute Gasteiger partial charge is 0.247 e. The molecule has 1 aromatic rings. The second kappa shape index (κ2) is 6.81. The SMILES string of the molecule is CCNCc1cc(S(=O)(=O)N2CCC(C)CC2C)c(Br)o1. The van der Waals surface area contributed by atoms with E-state index < -0.39 is 10.0 Å². The van der Waals surface area contributed by atoms with Gasteiger partial charge in [-0.15, -0.1) is 0 Å². The molecule has 21 heavy (non-hydrogen) atoms. The van der Waals surface area contributed by atoms with Crippen LogP contribution in [0.15, 0.2) is 20.0 Å². The molecule has 0 saturated carbocycles. The Morgan fingerprint density at radius 3 is 2.81 bits per heavy atom. The van der Waals surface area contributed by atoms with E-state index in [0.717, 1.165) is 19.4 Å². The Bertz CT molecular complexity index is 585. The molecule has 1 aliphatic rings.